The number of unbranched alkanes of at least 4 members (excludes halogenated alkanes) is 2. The minimum atomic E-state index is -0.547. The number of benzene rings is 1. The standard InChI is InChI=1S/C14H21N2O2/c1-2-3-4-9-16-14(18)13(15)10-11-5-7-12(17)8-6-11/h5-8,13,17H,1-4,9-10,15H2,(H,16,18)/t13-/m0/s1. The first-order valence-corrected chi connectivity index (χ1v) is 6.24. The Morgan fingerprint density at radius 2 is 2.00 bits per heavy atom. The number of rotatable bonds is 7. The first kappa shape index (κ1) is 14.5. The molecule has 0 bridgehead atoms. The van der Waals surface area contributed by atoms with Crippen LogP contribution in [0.3, 0.4) is 0 Å². The van der Waals surface area contributed by atoms with Gasteiger partial charge in [0.25, 0.3) is 0 Å². The Hall–Kier alpha value is -1.55. The number of nitrogens with one attached hydrogen (secondary N) is 1. The van der Waals surface area contributed by atoms with Crippen LogP contribution in [-0.4, -0.2) is 23.6 Å². The van der Waals surface area contributed by atoms with E-state index in [0.717, 1.165) is 24.8 Å². The van der Waals surface area contributed by atoms with Crippen LogP contribution in [-0.2, 0) is 11.2 Å². The molecule has 99 valence electrons. The lowest BCUT2D eigenvalue weighted by molar-refractivity contribution is -0.122. The zero-order valence-corrected chi connectivity index (χ0v) is 10.6. The number of amides is 1. The van der Waals surface area contributed by atoms with Crippen molar-refractivity contribution in [2.45, 2.75) is 31.7 Å². The average molecular weight is 249 g/mol. The molecule has 1 aromatic rings. The van der Waals surface area contributed by atoms with Gasteiger partial charge in [0, 0.05) is 6.54 Å². The minimum absolute atomic E-state index is 0.132. The molecule has 1 atom stereocenters. The maximum absolute atomic E-state index is 11.7. The van der Waals surface area contributed by atoms with Crippen molar-refractivity contribution in [3.8, 4) is 5.75 Å². The van der Waals surface area contributed by atoms with Crippen LogP contribution in [0.1, 0.15) is 24.8 Å². The van der Waals surface area contributed by atoms with E-state index in [1.54, 1.807) is 24.3 Å². The van der Waals surface area contributed by atoms with Gasteiger partial charge in [0.2, 0.25) is 5.91 Å². The zero-order valence-electron chi connectivity index (χ0n) is 10.6. The van der Waals surface area contributed by atoms with Gasteiger partial charge in [-0.1, -0.05) is 31.9 Å². The number of aromatic hydroxyl groups is 1. The Morgan fingerprint density at radius 3 is 2.61 bits per heavy atom. The Balaban J connectivity index is 2.33. The molecule has 0 aromatic heterocycles. The average Bonchev–Trinajstić information content (AvgIpc) is 2.37. The summed E-state index contributed by atoms with van der Waals surface area (Å²) in [5, 5.41) is 12.0. The summed E-state index contributed by atoms with van der Waals surface area (Å²) in [7, 11) is 0. The fourth-order valence-corrected chi connectivity index (χ4v) is 1.62. The van der Waals surface area contributed by atoms with Crippen LogP contribution in [0.5, 0.6) is 5.75 Å². The molecule has 0 aliphatic rings. The monoisotopic (exact) mass is 249 g/mol. The fourth-order valence-electron chi connectivity index (χ4n) is 1.62. The largest absolute Gasteiger partial charge is 0.508 e. The van der Waals surface area contributed by atoms with Gasteiger partial charge in [0.15, 0.2) is 0 Å². The Morgan fingerprint density at radius 1 is 1.33 bits per heavy atom. The van der Waals surface area contributed by atoms with Gasteiger partial charge < -0.3 is 16.2 Å². The Bertz CT molecular complexity index is 363. The molecule has 0 spiro atoms. The summed E-state index contributed by atoms with van der Waals surface area (Å²) < 4.78 is 0. The molecule has 1 aromatic carbocycles. The zero-order chi connectivity index (χ0) is 13.4. The quantitative estimate of drug-likeness (QED) is 0.639. The molecular weight excluding hydrogens is 228 g/mol. The highest BCUT2D eigenvalue weighted by atomic mass is 16.3. The highest BCUT2D eigenvalue weighted by Crippen LogP contribution is 2.10. The summed E-state index contributed by atoms with van der Waals surface area (Å²) in [4.78, 5) is 11.7. The normalized spacial score (nSPS) is 12.1. The molecule has 0 unspecified atom stereocenters. The number of phenols is 1. The van der Waals surface area contributed by atoms with Gasteiger partial charge in [-0.25, -0.2) is 0 Å². The summed E-state index contributed by atoms with van der Waals surface area (Å²) in [5.41, 5.74) is 6.75. The van der Waals surface area contributed by atoms with Crippen LogP contribution >= 0.6 is 0 Å². The summed E-state index contributed by atoms with van der Waals surface area (Å²) in [5.74, 6) is 0.0806. The van der Waals surface area contributed by atoms with Crippen LogP contribution in [0.15, 0.2) is 24.3 Å². The SMILES string of the molecule is [CH2]CCCCNC(=O)[C@@H](N)Cc1ccc(O)cc1. The summed E-state index contributed by atoms with van der Waals surface area (Å²) in [6.07, 6.45) is 3.30. The van der Waals surface area contributed by atoms with E-state index in [4.69, 9.17) is 10.8 Å². The van der Waals surface area contributed by atoms with Crippen molar-refractivity contribution in [1.29, 1.82) is 0 Å². The number of nitrogens with two attached hydrogens (primary N) is 1. The van der Waals surface area contributed by atoms with Crippen molar-refractivity contribution in [3.05, 3.63) is 36.8 Å². The molecule has 4 N–H and O–H groups in total. The van der Waals surface area contributed by atoms with Crippen molar-refractivity contribution < 1.29 is 9.90 Å². The lowest BCUT2D eigenvalue weighted by Gasteiger charge is -2.12. The van der Waals surface area contributed by atoms with Gasteiger partial charge in [-0.15, -0.1) is 0 Å². The molecule has 1 amide bonds. The van der Waals surface area contributed by atoms with Crippen molar-refractivity contribution in [2.24, 2.45) is 5.73 Å². The van der Waals surface area contributed by atoms with Crippen LogP contribution in [0.4, 0.5) is 0 Å². The molecule has 0 aliphatic heterocycles. The van der Waals surface area contributed by atoms with Crippen molar-refractivity contribution in [1.82, 2.24) is 5.32 Å². The summed E-state index contributed by atoms with van der Waals surface area (Å²) >= 11 is 0. The molecule has 0 aliphatic carbocycles. The topological polar surface area (TPSA) is 75.4 Å². The van der Waals surface area contributed by atoms with Crippen LogP contribution in [0.25, 0.3) is 0 Å². The maximum Gasteiger partial charge on any atom is 0.237 e. The van der Waals surface area contributed by atoms with E-state index in [1.165, 1.54) is 0 Å². The molecule has 0 saturated carbocycles. The smallest absolute Gasteiger partial charge is 0.237 e. The van der Waals surface area contributed by atoms with Gasteiger partial charge in [-0.3, -0.25) is 4.79 Å². The van der Waals surface area contributed by atoms with Gasteiger partial charge in [-0.2, -0.15) is 0 Å². The van der Waals surface area contributed by atoms with E-state index < -0.39 is 6.04 Å². The van der Waals surface area contributed by atoms with Crippen molar-refractivity contribution in [2.75, 3.05) is 6.54 Å². The Labute approximate surface area is 108 Å². The molecule has 0 saturated heterocycles. The van der Waals surface area contributed by atoms with E-state index in [1.807, 2.05) is 0 Å². The molecule has 1 rings (SSSR count). The first-order valence-electron chi connectivity index (χ1n) is 6.24. The molecule has 4 heteroatoms. The van der Waals surface area contributed by atoms with Crippen molar-refractivity contribution >= 4 is 5.91 Å². The highest BCUT2D eigenvalue weighted by Gasteiger charge is 2.13. The predicted molar refractivity (Wildman–Crippen MR) is 72.0 cm³/mol. The number of phenolic OH excluding ortho intramolecular Hbond substituents is 1. The van der Waals surface area contributed by atoms with Gasteiger partial charge in [-0.05, 0) is 30.5 Å². The number of carbonyl (C=O) groups is 1. The van der Waals surface area contributed by atoms with Crippen LogP contribution in [0.2, 0.25) is 0 Å². The second kappa shape index (κ2) is 7.71. The lowest BCUT2D eigenvalue weighted by Crippen LogP contribution is -2.42. The number of hydrogen-bond donors (Lipinski definition) is 3. The van der Waals surface area contributed by atoms with Gasteiger partial charge in [0.05, 0.1) is 6.04 Å². The van der Waals surface area contributed by atoms with Crippen LogP contribution < -0.4 is 11.1 Å². The minimum Gasteiger partial charge on any atom is -0.508 e. The van der Waals surface area contributed by atoms with Gasteiger partial charge >= 0.3 is 0 Å². The number of carbonyl (C=O) groups excluding carboxylic acids is 1. The summed E-state index contributed by atoms with van der Waals surface area (Å²) in [6, 6.07) is 6.17. The molecule has 0 heterocycles. The van der Waals surface area contributed by atoms with E-state index in [2.05, 4.69) is 12.2 Å². The predicted octanol–water partition coefficient (Wildman–Crippen LogP) is 1.38. The maximum atomic E-state index is 11.7. The molecular formula is C14H21N2O2. The summed E-state index contributed by atoms with van der Waals surface area (Å²) in [6.45, 7) is 4.39. The van der Waals surface area contributed by atoms with Crippen LogP contribution in [0, 0.1) is 6.92 Å². The van der Waals surface area contributed by atoms with E-state index in [0.29, 0.717) is 13.0 Å². The van der Waals surface area contributed by atoms with Gasteiger partial charge in [0.1, 0.15) is 5.75 Å². The fraction of sp³-hybridized carbons (Fsp3) is 0.429. The third kappa shape index (κ3) is 5.19. The van der Waals surface area contributed by atoms with E-state index in [9.17, 15) is 4.79 Å². The lowest BCUT2D eigenvalue weighted by atomic mass is 10.1. The molecule has 0 fully saturated rings. The second-order valence-corrected chi connectivity index (χ2v) is 4.33. The highest BCUT2D eigenvalue weighted by molar-refractivity contribution is 5.81. The first-order chi connectivity index (χ1) is 8.63. The van der Waals surface area contributed by atoms with E-state index in [-0.39, 0.29) is 11.7 Å². The molecule has 4 nitrogen and oxygen atoms in total. The molecule has 18 heavy (non-hydrogen) atoms. The third-order valence-electron chi connectivity index (χ3n) is 2.70. The van der Waals surface area contributed by atoms with Crippen molar-refractivity contribution in [3.63, 3.8) is 0 Å². The Kier molecular flexibility index (Phi) is 6.22. The third-order valence-corrected chi connectivity index (χ3v) is 2.70. The number of hydrogen-bond acceptors (Lipinski definition) is 3. The van der Waals surface area contributed by atoms with E-state index >= 15 is 0 Å². The second-order valence-electron chi connectivity index (χ2n) is 4.33. The molecule has 1 radical (unpaired) electrons.